The first-order chi connectivity index (χ1) is 10.2. The highest BCUT2D eigenvalue weighted by Crippen LogP contribution is 2.24. The number of pyridine rings is 1. The average Bonchev–Trinajstić information content (AvgIpc) is 2.47. The third kappa shape index (κ3) is 2.80. The van der Waals surface area contributed by atoms with E-state index in [1.54, 1.807) is 6.92 Å². The Kier molecular flexibility index (Phi) is 4.45. The van der Waals surface area contributed by atoms with Gasteiger partial charge in [0.2, 0.25) is 5.82 Å². The molecule has 2 aromatic rings. The highest BCUT2D eigenvalue weighted by Gasteiger charge is 2.29. The minimum Gasteiger partial charge on any atom is -0.306 e. The van der Waals surface area contributed by atoms with Gasteiger partial charge in [-0.05, 0) is 35.0 Å². The Morgan fingerprint density at radius 3 is 2.00 bits per heavy atom. The summed E-state index contributed by atoms with van der Waals surface area (Å²) in [6.07, 6.45) is 0. The van der Waals surface area contributed by atoms with Crippen LogP contribution in [0.3, 0.4) is 0 Å². The van der Waals surface area contributed by atoms with Gasteiger partial charge in [0.15, 0.2) is 23.3 Å². The fourth-order valence-corrected chi connectivity index (χ4v) is 1.82. The molecule has 1 aromatic heterocycles. The van der Waals surface area contributed by atoms with Crippen LogP contribution in [0.1, 0.15) is 16.1 Å². The zero-order chi connectivity index (χ0) is 16.6. The number of halogens is 6. The zero-order valence-electron chi connectivity index (χ0n) is 10.8. The van der Waals surface area contributed by atoms with E-state index in [0.717, 1.165) is 0 Å². The molecule has 1 aromatic carbocycles. The van der Waals surface area contributed by atoms with Crippen LogP contribution in [-0.4, -0.2) is 10.9 Å². The molecule has 0 atom stereocenters. The Hall–Kier alpha value is -2.03. The Labute approximate surface area is 129 Å². The van der Waals surface area contributed by atoms with Gasteiger partial charge >= 0.3 is 0 Å². The van der Waals surface area contributed by atoms with Gasteiger partial charge in [-0.25, -0.2) is 26.9 Å². The molecule has 0 saturated carbocycles. The first-order valence-corrected chi connectivity index (χ1v) is 6.49. The van der Waals surface area contributed by atoms with Gasteiger partial charge in [-0.1, -0.05) is 0 Å². The topological polar surface area (TPSA) is 42.0 Å². The first kappa shape index (κ1) is 16.3. The molecule has 0 saturated heterocycles. The number of hydrogen-bond acceptors (Lipinski definition) is 2. The molecule has 9 heteroatoms. The van der Waals surface area contributed by atoms with Gasteiger partial charge in [-0.2, -0.15) is 0 Å². The lowest BCUT2D eigenvalue weighted by molar-refractivity contribution is 0.101. The van der Waals surface area contributed by atoms with Crippen molar-refractivity contribution >= 4 is 27.7 Å². The highest BCUT2D eigenvalue weighted by molar-refractivity contribution is 9.10. The number of nitrogens with zero attached hydrogens (tertiary/aromatic N) is 1. The van der Waals surface area contributed by atoms with E-state index in [1.807, 2.05) is 5.32 Å². The minimum absolute atomic E-state index is 0.102. The maximum atomic E-state index is 13.5. The third-order valence-electron chi connectivity index (χ3n) is 2.70. The van der Waals surface area contributed by atoms with E-state index in [-0.39, 0.29) is 5.82 Å². The summed E-state index contributed by atoms with van der Waals surface area (Å²) in [5.41, 5.74) is -1.12. The van der Waals surface area contributed by atoms with E-state index in [1.165, 1.54) is 12.1 Å². The number of carbonyl (C=O) groups excluding carboxylic acids is 1. The predicted molar refractivity (Wildman–Crippen MR) is 70.9 cm³/mol. The number of amides is 1. The molecule has 0 aliphatic carbocycles. The molecule has 0 unspecified atom stereocenters. The van der Waals surface area contributed by atoms with Crippen molar-refractivity contribution in [1.82, 2.24) is 4.98 Å². The van der Waals surface area contributed by atoms with E-state index in [2.05, 4.69) is 20.9 Å². The number of hydrogen-bond donors (Lipinski definition) is 1. The van der Waals surface area contributed by atoms with Crippen molar-refractivity contribution in [1.29, 1.82) is 0 Å². The van der Waals surface area contributed by atoms with Gasteiger partial charge in [-0.15, -0.1) is 0 Å². The maximum Gasteiger partial charge on any atom is 0.263 e. The molecule has 1 heterocycles. The maximum absolute atomic E-state index is 13.5. The lowest BCUT2D eigenvalue weighted by atomic mass is 10.1. The molecule has 1 N–H and O–H groups in total. The monoisotopic (exact) mass is 380 g/mol. The molecule has 0 bridgehead atoms. The molecule has 2 rings (SSSR count). The Bertz CT molecular complexity index is 753. The van der Waals surface area contributed by atoms with E-state index >= 15 is 0 Å². The second kappa shape index (κ2) is 5.99. The molecule has 3 nitrogen and oxygen atoms in total. The quantitative estimate of drug-likeness (QED) is 0.484. The van der Waals surface area contributed by atoms with Gasteiger partial charge in [-0.3, -0.25) is 4.79 Å². The van der Waals surface area contributed by atoms with Crippen LogP contribution < -0.4 is 5.32 Å². The van der Waals surface area contributed by atoms with Gasteiger partial charge in [0.1, 0.15) is 11.4 Å². The summed E-state index contributed by atoms with van der Waals surface area (Å²) < 4.78 is 66.6. The second-order valence-electron chi connectivity index (χ2n) is 4.16. The molecule has 0 fully saturated rings. The van der Waals surface area contributed by atoms with Crippen LogP contribution in [0, 0.1) is 36.0 Å². The molecular formula is C13H6BrF5N2O. The highest BCUT2D eigenvalue weighted by atomic mass is 79.9. The van der Waals surface area contributed by atoms with Gasteiger partial charge in [0.25, 0.3) is 5.91 Å². The zero-order valence-corrected chi connectivity index (χ0v) is 12.4. The lowest BCUT2D eigenvalue weighted by Crippen LogP contribution is -2.20. The second-order valence-corrected chi connectivity index (χ2v) is 5.02. The number of rotatable bonds is 2. The summed E-state index contributed by atoms with van der Waals surface area (Å²) in [6, 6.07) is 2.79. The smallest absolute Gasteiger partial charge is 0.263 e. The van der Waals surface area contributed by atoms with Gasteiger partial charge in [0, 0.05) is 4.47 Å². The average molecular weight is 381 g/mol. The minimum atomic E-state index is -2.33. The fraction of sp³-hybridized carbons (Fsp3) is 0.0769. The van der Waals surface area contributed by atoms with Crippen LogP contribution in [0.25, 0.3) is 0 Å². The van der Waals surface area contributed by atoms with Crippen molar-refractivity contribution in [3.8, 4) is 0 Å². The Balaban J connectivity index is 2.44. The number of aryl methyl sites for hydroxylation is 1. The molecule has 1 amide bonds. The van der Waals surface area contributed by atoms with Crippen LogP contribution in [0.5, 0.6) is 0 Å². The molecule has 116 valence electrons. The molecule has 0 aliphatic rings. The van der Waals surface area contributed by atoms with Crippen molar-refractivity contribution in [3.63, 3.8) is 0 Å². The van der Waals surface area contributed by atoms with Gasteiger partial charge < -0.3 is 5.32 Å². The standard InChI is InChI=1S/C13H6BrF5N2O/c1-4-5(14)2-3-6(20-4)21-13(22)7-8(15)10(17)12(19)11(18)9(7)16/h2-3H,1H3,(H,20,21,22). The van der Waals surface area contributed by atoms with Crippen LogP contribution in [0.2, 0.25) is 0 Å². The number of anilines is 1. The lowest BCUT2D eigenvalue weighted by Gasteiger charge is -2.09. The van der Waals surface area contributed by atoms with E-state index in [0.29, 0.717) is 10.2 Å². The SMILES string of the molecule is Cc1nc(NC(=O)c2c(F)c(F)c(F)c(F)c2F)ccc1Br. The molecular weight excluding hydrogens is 375 g/mol. The summed E-state index contributed by atoms with van der Waals surface area (Å²) in [6.45, 7) is 1.58. The Morgan fingerprint density at radius 2 is 1.50 bits per heavy atom. The van der Waals surface area contributed by atoms with Crippen molar-refractivity contribution in [2.24, 2.45) is 0 Å². The summed E-state index contributed by atoms with van der Waals surface area (Å²) in [5, 5.41) is 1.98. The van der Waals surface area contributed by atoms with Gasteiger partial charge in [0.05, 0.1) is 5.69 Å². The van der Waals surface area contributed by atoms with Crippen LogP contribution >= 0.6 is 15.9 Å². The van der Waals surface area contributed by atoms with Crippen molar-refractivity contribution in [2.75, 3.05) is 5.32 Å². The summed E-state index contributed by atoms with van der Waals surface area (Å²) in [7, 11) is 0. The first-order valence-electron chi connectivity index (χ1n) is 5.70. The van der Waals surface area contributed by atoms with Crippen LogP contribution in [0.4, 0.5) is 27.8 Å². The molecule has 22 heavy (non-hydrogen) atoms. The van der Waals surface area contributed by atoms with Crippen molar-refractivity contribution in [2.45, 2.75) is 6.92 Å². The summed E-state index contributed by atoms with van der Waals surface area (Å²) in [5.74, 6) is -12.7. The fourth-order valence-electron chi connectivity index (χ4n) is 1.60. The Morgan fingerprint density at radius 1 is 1.00 bits per heavy atom. The molecule has 0 spiro atoms. The number of benzene rings is 1. The van der Waals surface area contributed by atoms with E-state index < -0.39 is 40.6 Å². The summed E-state index contributed by atoms with van der Waals surface area (Å²) >= 11 is 3.15. The van der Waals surface area contributed by atoms with Crippen LogP contribution in [-0.2, 0) is 0 Å². The largest absolute Gasteiger partial charge is 0.306 e. The van der Waals surface area contributed by atoms with Crippen molar-refractivity contribution < 1.29 is 26.7 Å². The summed E-state index contributed by atoms with van der Waals surface area (Å²) in [4.78, 5) is 15.6. The number of nitrogens with one attached hydrogen (secondary N) is 1. The van der Waals surface area contributed by atoms with E-state index in [9.17, 15) is 26.7 Å². The number of aromatic nitrogens is 1. The number of carbonyl (C=O) groups is 1. The third-order valence-corrected chi connectivity index (χ3v) is 3.54. The molecule has 0 radical (unpaired) electrons. The van der Waals surface area contributed by atoms with Crippen molar-refractivity contribution in [3.05, 3.63) is 56.9 Å². The predicted octanol–water partition coefficient (Wildman–Crippen LogP) is 4.10. The van der Waals surface area contributed by atoms with Crippen LogP contribution in [0.15, 0.2) is 16.6 Å². The normalized spacial score (nSPS) is 10.7. The van der Waals surface area contributed by atoms with E-state index in [4.69, 9.17) is 0 Å². The molecule has 0 aliphatic heterocycles.